The second kappa shape index (κ2) is 6.45. The Morgan fingerprint density at radius 3 is 2.79 bits per heavy atom. The molecule has 140 valence electrons. The monoisotopic (exact) mass is 397 g/mol. The molecule has 0 fully saturated rings. The predicted molar refractivity (Wildman–Crippen MR) is 102 cm³/mol. The number of aromatic nitrogens is 5. The molecule has 0 bridgehead atoms. The number of pyridine rings is 1. The van der Waals surface area contributed by atoms with Crippen molar-refractivity contribution in [1.29, 1.82) is 0 Å². The normalized spacial score (nSPS) is 11.9. The first kappa shape index (κ1) is 16.9. The molecule has 0 spiro atoms. The van der Waals surface area contributed by atoms with E-state index < -0.39 is 6.43 Å². The van der Waals surface area contributed by atoms with E-state index in [2.05, 4.69) is 20.1 Å². The number of fused-ring (bicyclic) bond motifs is 5. The Balaban J connectivity index is 1.60. The molecule has 28 heavy (non-hydrogen) atoms. The third-order valence-corrected chi connectivity index (χ3v) is 5.43. The van der Waals surface area contributed by atoms with E-state index in [1.165, 1.54) is 17.4 Å². The van der Waals surface area contributed by atoms with Crippen LogP contribution >= 0.6 is 11.3 Å². The summed E-state index contributed by atoms with van der Waals surface area (Å²) in [6, 6.07) is 10.8. The minimum atomic E-state index is -2.61. The van der Waals surface area contributed by atoms with Crippen LogP contribution in [0.1, 0.15) is 23.5 Å². The van der Waals surface area contributed by atoms with Crippen molar-refractivity contribution < 1.29 is 13.5 Å². The van der Waals surface area contributed by atoms with E-state index in [1.54, 1.807) is 17.8 Å². The molecule has 0 atom stereocenters. The predicted octanol–water partition coefficient (Wildman–Crippen LogP) is 4.71. The van der Waals surface area contributed by atoms with Crippen LogP contribution < -0.4 is 4.74 Å². The Kier molecular flexibility index (Phi) is 3.90. The van der Waals surface area contributed by atoms with Gasteiger partial charge in [-0.1, -0.05) is 18.2 Å². The van der Waals surface area contributed by atoms with Crippen LogP contribution in [0.25, 0.3) is 26.1 Å². The number of para-hydroxylation sites is 1. The molecule has 0 N–H and O–H groups in total. The number of rotatable bonds is 4. The van der Waals surface area contributed by atoms with Gasteiger partial charge in [-0.2, -0.15) is 0 Å². The summed E-state index contributed by atoms with van der Waals surface area (Å²) in [4.78, 5) is 13.7. The van der Waals surface area contributed by atoms with Gasteiger partial charge in [-0.25, -0.2) is 28.2 Å². The number of halogens is 2. The van der Waals surface area contributed by atoms with Gasteiger partial charge in [0.25, 0.3) is 6.43 Å². The van der Waals surface area contributed by atoms with Crippen LogP contribution in [0.15, 0.2) is 42.7 Å². The van der Waals surface area contributed by atoms with Crippen molar-refractivity contribution in [1.82, 2.24) is 24.6 Å². The summed E-state index contributed by atoms with van der Waals surface area (Å²) in [6.07, 6.45) is -1.04. The third kappa shape index (κ3) is 2.75. The fourth-order valence-corrected chi connectivity index (χ4v) is 4.30. The number of nitrogens with zero attached hydrogens (tertiary/aromatic N) is 5. The van der Waals surface area contributed by atoms with Gasteiger partial charge in [-0.05, 0) is 30.7 Å². The molecular formula is C19H13F2N5OS. The average molecular weight is 397 g/mol. The van der Waals surface area contributed by atoms with Crippen LogP contribution in [0.4, 0.5) is 8.78 Å². The summed E-state index contributed by atoms with van der Waals surface area (Å²) in [5.41, 5.74) is 1.79. The zero-order valence-corrected chi connectivity index (χ0v) is 15.5. The van der Waals surface area contributed by atoms with Gasteiger partial charge in [0.1, 0.15) is 33.9 Å². The SMILES string of the molecule is Cc1cc(C(F)F)nc2sc3c(ncn4nc(COc5ccccc5)nc34)c12. The molecule has 0 saturated heterocycles. The molecule has 9 heteroatoms. The van der Waals surface area contributed by atoms with Crippen LogP contribution in [-0.2, 0) is 6.61 Å². The first-order valence-electron chi connectivity index (χ1n) is 8.50. The van der Waals surface area contributed by atoms with Crippen molar-refractivity contribution in [2.45, 2.75) is 20.0 Å². The lowest BCUT2D eigenvalue weighted by Gasteiger charge is -2.01. The summed E-state index contributed by atoms with van der Waals surface area (Å²) < 4.78 is 34.2. The van der Waals surface area contributed by atoms with E-state index >= 15 is 0 Å². The summed E-state index contributed by atoms with van der Waals surface area (Å²) in [6.45, 7) is 2.00. The summed E-state index contributed by atoms with van der Waals surface area (Å²) in [5.74, 6) is 1.24. The van der Waals surface area contributed by atoms with Crippen molar-refractivity contribution in [3.05, 3.63) is 59.8 Å². The molecule has 5 aromatic rings. The van der Waals surface area contributed by atoms with Crippen molar-refractivity contribution in [2.75, 3.05) is 0 Å². The Labute approximate surface area is 161 Å². The molecular weight excluding hydrogens is 384 g/mol. The van der Waals surface area contributed by atoms with Gasteiger partial charge in [-0.3, -0.25) is 0 Å². The number of hydrogen-bond donors (Lipinski definition) is 0. The third-order valence-electron chi connectivity index (χ3n) is 4.36. The maximum absolute atomic E-state index is 13.1. The summed E-state index contributed by atoms with van der Waals surface area (Å²) >= 11 is 1.29. The largest absolute Gasteiger partial charge is 0.486 e. The molecule has 0 radical (unpaired) electrons. The van der Waals surface area contributed by atoms with Gasteiger partial charge >= 0.3 is 0 Å². The molecule has 1 aromatic carbocycles. The van der Waals surface area contributed by atoms with Crippen LogP contribution in [-0.4, -0.2) is 24.6 Å². The van der Waals surface area contributed by atoms with E-state index in [0.717, 1.165) is 21.4 Å². The highest BCUT2D eigenvalue weighted by molar-refractivity contribution is 7.26. The number of ether oxygens (including phenoxy) is 1. The quantitative estimate of drug-likeness (QED) is 0.439. The highest BCUT2D eigenvalue weighted by atomic mass is 32.1. The molecule has 0 unspecified atom stereocenters. The lowest BCUT2D eigenvalue weighted by atomic mass is 10.1. The number of thiophene rings is 1. The number of hydrogen-bond acceptors (Lipinski definition) is 6. The van der Waals surface area contributed by atoms with Crippen molar-refractivity contribution in [2.24, 2.45) is 0 Å². The number of alkyl halides is 2. The summed E-state index contributed by atoms with van der Waals surface area (Å²) in [5, 5.41) is 5.18. The summed E-state index contributed by atoms with van der Waals surface area (Å²) in [7, 11) is 0. The fraction of sp³-hybridized carbons (Fsp3) is 0.158. The van der Waals surface area contributed by atoms with Crippen LogP contribution in [0, 0.1) is 6.92 Å². The minimum absolute atomic E-state index is 0.213. The van der Waals surface area contributed by atoms with Crippen molar-refractivity contribution in [3.63, 3.8) is 0 Å². The van der Waals surface area contributed by atoms with Crippen molar-refractivity contribution >= 4 is 37.4 Å². The zero-order valence-electron chi connectivity index (χ0n) is 14.6. The second-order valence-electron chi connectivity index (χ2n) is 6.27. The second-order valence-corrected chi connectivity index (χ2v) is 7.27. The Morgan fingerprint density at radius 2 is 2.00 bits per heavy atom. The number of aryl methyl sites for hydroxylation is 1. The van der Waals surface area contributed by atoms with E-state index in [1.807, 2.05) is 30.3 Å². The van der Waals surface area contributed by atoms with E-state index in [9.17, 15) is 8.78 Å². The first-order valence-corrected chi connectivity index (χ1v) is 9.32. The lowest BCUT2D eigenvalue weighted by molar-refractivity contribution is 0.146. The van der Waals surface area contributed by atoms with Gasteiger partial charge < -0.3 is 4.74 Å². The molecule has 6 nitrogen and oxygen atoms in total. The molecule has 4 aromatic heterocycles. The molecule has 4 heterocycles. The van der Waals surface area contributed by atoms with Crippen LogP contribution in [0.2, 0.25) is 0 Å². The van der Waals surface area contributed by atoms with Gasteiger partial charge in [0.2, 0.25) is 0 Å². The molecule has 5 rings (SSSR count). The average Bonchev–Trinajstić information content (AvgIpc) is 3.27. The van der Waals surface area contributed by atoms with Crippen LogP contribution in [0.5, 0.6) is 5.75 Å². The number of benzene rings is 1. The maximum atomic E-state index is 13.1. The highest BCUT2D eigenvalue weighted by Gasteiger charge is 2.19. The Hall–Kier alpha value is -3.20. The minimum Gasteiger partial charge on any atom is -0.486 e. The fourth-order valence-electron chi connectivity index (χ4n) is 3.12. The lowest BCUT2D eigenvalue weighted by Crippen LogP contribution is -1.98. The van der Waals surface area contributed by atoms with Gasteiger partial charge in [0.05, 0.1) is 5.52 Å². The molecule has 0 aliphatic heterocycles. The molecule has 0 amide bonds. The standard InChI is InChI=1S/C19H13F2N5OS/c1-10-7-12(17(20)21)23-19-14(10)15-16(28-19)18-24-13(25-26(18)9-22-15)8-27-11-5-3-2-4-6-11/h2-7,9,17H,8H2,1H3. The van der Waals surface area contributed by atoms with Crippen molar-refractivity contribution in [3.8, 4) is 5.75 Å². The smallest absolute Gasteiger partial charge is 0.280 e. The molecule has 0 aliphatic carbocycles. The molecule has 0 saturated carbocycles. The maximum Gasteiger partial charge on any atom is 0.280 e. The van der Waals surface area contributed by atoms with Crippen LogP contribution in [0.3, 0.4) is 0 Å². The van der Waals surface area contributed by atoms with E-state index in [-0.39, 0.29) is 12.3 Å². The van der Waals surface area contributed by atoms with E-state index in [4.69, 9.17) is 4.74 Å². The zero-order chi connectivity index (χ0) is 19.3. The Bertz CT molecular complexity index is 1320. The van der Waals surface area contributed by atoms with Gasteiger partial charge in [-0.15, -0.1) is 16.4 Å². The first-order chi connectivity index (χ1) is 13.6. The topological polar surface area (TPSA) is 65.2 Å². The highest BCUT2D eigenvalue weighted by Crippen LogP contribution is 2.36. The molecule has 0 aliphatic rings. The van der Waals surface area contributed by atoms with E-state index in [0.29, 0.717) is 21.8 Å². The Morgan fingerprint density at radius 1 is 1.18 bits per heavy atom. The van der Waals surface area contributed by atoms with Gasteiger partial charge in [0.15, 0.2) is 11.5 Å². The van der Waals surface area contributed by atoms with Gasteiger partial charge in [0, 0.05) is 5.39 Å².